The highest BCUT2D eigenvalue weighted by molar-refractivity contribution is 7.89. The van der Waals surface area contributed by atoms with Gasteiger partial charge in [0.25, 0.3) is 0 Å². The molecule has 0 aliphatic rings. The van der Waals surface area contributed by atoms with E-state index in [0.717, 1.165) is 25.8 Å². The van der Waals surface area contributed by atoms with Crippen molar-refractivity contribution in [3.63, 3.8) is 0 Å². The Morgan fingerprint density at radius 2 is 2.05 bits per heavy atom. The van der Waals surface area contributed by atoms with E-state index in [1.54, 1.807) is 10.9 Å². The minimum atomic E-state index is -3.43. The van der Waals surface area contributed by atoms with Crippen molar-refractivity contribution in [2.24, 2.45) is 5.92 Å². The van der Waals surface area contributed by atoms with E-state index in [1.165, 1.54) is 6.20 Å². The minimum Gasteiger partial charge on any atom is -0.320 e. The lowest BCUT2D eigenvalue weighted by Crippen LogP contribution is -2.28. The maximum absolute atomic E-state index is 12.1. The summed E-state index contributed by atoms with van der Waals surface area (Å²) in [4.78, 5) is 0.243. The molecule has 7 heteroatoms. The molecule has 1 aromatic heterocycles. The number of aryl methyl sites for hydroxylation is 1. The Morgan fingerprint density at radius 1 is 1.35 bits per heavy atom. The highest BCUT2D eigenvalue weighted by atomic mass is 32.2. The SMILES string of the molecule is CCC(CC)CNS(=O)(=O)c1cnn(CCCNC)c1. The predicted octanol–water partition coefficient (Wildman–Crippen LogP) is 1.21. The van der Waals surface area contributed by atoms with Gasteiger partial charge in [0.15, 0.2) is 0 Å². The Kier molecular flexibility index (Phi) is 7.18. The number of hydrogen-bond donors (Lipinski definition) is 2. The summed E-state index contributed by atoms with van der Waals surface area (Å²) in [7, 11) is -1.54. The van der Waals surface area contributed by atoms with Crippen LogP contribution in [0.2, 0.25) is 0 Å². The molecule has 0 spiro atoms. The molecule has 0 aliphatic heterocycles. The van der Waals surface area contributed by atoms with E-state index in [4.69, 9.17) is 0 Å². The van der Waals surface area contributed by atoms with Crippen LogP contribution in [-0.4, -0.2) is 38.3 Å². The molecule has 116 valence electrons. The molecule has 0 unspecified atom stereocenters. The van der Waals surface area contributed by atoms with Gasteiger partial charge in [0, 0.05) is 19.3 Å². The van der Waals surface area contributed by atoms with Crippen LogP contribution in [-0.2, 0) is 16.6 Å². The summed E-state index contributed by atoms with van der Waals surface area (Å²) in [5, 5.41) is 7.14. The topological polar surface area (TPSA) is 76.0 Å². The van der Waals surface area contributed by atoms with Gasteiger partial charge in [-0.05, 0) is 25.9 Å². The van der Waals surface area contributed by atoms with Crippen LogP contribution in [0.1, 0.15) is 33.1 Å². The smallest absolute Gasteiger partial charge is 0.243 e. The second-order valence-corrected chi connectivity index (χ2v) is 6.70. The Labute approximate surface area is 122 Å². The van der Waals surface area contributed by atoms with Crippen molar-refractivity contribution in [2.45, 2.75) is 44.6 Å². The van der Waals surface area contributed by atoms with Crippen LogP contribution in [0.5, 0.6) is 0 Å². The van der Waals surface area contributed by atoms with E-state index in [2.05, 4.69) is 29.0 Å². The first-order chi connectivity index (χ1) is 9.53. The number of hydrogen-bond acceptors (Lipinski definition) is 4. The average molecular weight is 302 g/mol. The van der Waals surface area contributed by atoms with Gasteiger partial charge in [-0.15, -0.1) is 0 Å². The fourth-order valence-corrected chi connectivity index (χ4v) is 2.98. The first-order valence-corrected chi connectivity index (χ1v) is 8.68. The Morgan fingerprint density at radius 3 is 2.65 bits per heavy atom. The molecule has 0 bridgehead atoms. The number of sulfonamides is 1. The van der Waals surface area contributed by atoms with Gasteiger partial charge in [-0.3, -0.25) is 4.68 Å². The van der Waals surface area contributed by atoms with Crippen LogP contribution in [0, 0.1) is 5.92 Å². The molecule has 1 rings (SSSR count). The third-order valence-corrected chi connectivity index (χ3v) is 4.83. The second kappa shape index (κ2) is 8.39. The molecule has 0 aromatic carbocycles. The first-order valence-electron chi connectivity index (χ1n) is 7.20. The summed E-state index contributed by atoms with van der Waals surface area (Å²) in [6.45, 7) is 6.22. The molecule has 0 saturated heterocycles. The molecule has 20 heavy (non-hydrogen) atoms. The van der Waals surface area contributed by atoms with Crippen molar-refractivity contribution in [1.29, 1.82) is 0 Å². The third-order valence-electron chi connectivity index (χ3n) is 3.45. The van der Waals surface area contributed by atoms with Crippen molar-refractivity contribution in [3.8, 4) is 0 Å². The number of aromatic nitrogens is 2. The monoisotopic (exact) mass is 302 g/mol. The summed E-state index contributed by atoms with van der Waals surface area (Å²) < 4.78 is 28.6. The molecule has 0 saturated carbocycles. The van der Waals surface area contributed by atoms with Gasteiger partial charge in [0.05, 0.1) is 6.20 Å². The third kappa shape index (κ3) is 5.22. The number of rotatable bonds is 10. The minimum absolute atomic E-state index is 0.243. The lowest BCUT2D eigenvalue weighted by molar-refractivity contribution is 0.479. The molecule has 1 heterocycles. The highest BCUT2D eigenvalue weighted by Crippen LogP contribution is 2.10. The summed E-state index contributed by atoms with van der Waals surface area (Å²) in [5.41, 5.74) is 0. The van der Waals surface area contributed by atoms with Gasteiger partial charge in [0.2, 0.25) is 10.0 Å². The normalized spacial score (nSPS) is 12.2. The summed E-state index contributed by atoms with van der Waals surface area (Å²) >= 11 is 0. The van der Waals surface area contributed by atoms with E-state index < -0.39 is 10.0 Å². The Bertz CT molecular complexity index is 480. The molecule has 0 fully saturated rings. The van der Waals surface area contributed by atoms with Crippen LogP contribution < -0.4 is 10.0 Å². The van der Waals surface area contributed by atoms with Gasteiger partial charge in [0.1, 0.15) is 4.90 Å². The van der Waals surface area contributed by atoms with Gasteiger partial charge >= 0.3 is 0 Å². The molecular weight excluding hydrogens is 276 g/mol. The maximum atomic E-state index is 12.1. The van der Waals surface area contributed by atoms with Gasteiger partial charge in [-0.2, -0.15) is 5.10 Å². The summed E-state index contributed by atoms with van der Waals surface area (Å²) in [5.74, 6) is 0.385. The van der Waals surface area contributed by atoms with Crippen molar-refractivity contribution in [3.05, 3.63) is 12.4 Å². The maximum Gasteiger partial charge on any atom is 0.243 e. The van der Waals surface area contributed by atoms with Crippen LogP contribution >= 0.6 is 0 Å². The molecule has 0 radical (unpaired) electrons. The van der Waals surface area contributed by atoms with Crippen LogP contribution in [0.15, 0.2) is 17.3 Å². The van der Waals surface area contributed by atoms with E-state index in [9.17, 15) is 8.42 Å². The van der Waals surface area contributed by atoms with Crippen molar-refractivity contribution in [2.75, 3.05) is 20.1 Å². The van der Waals surface area contributed by atoms with E-state index in [1.807, 2.05) is 7.05 Å². The fourth-order valence-electron chi connectivity index (χ4n) is 1.91. The van der Waals surface area contributed by atoms with Gasteiger partial charge < -0.3 is 5.32 Å². The van der Waals surface area contributed by atoms with Crippen molar-refractivity contribution < 1.29 is 8.42 Å². The first kappa shape index (κ1) is 17.1. The molecule has 0 aliphatic carbocycles. The van der Waals surface area contributed by atoms with Gasteiger partial charge in [-0.25, -0.2) is 13.1 Å². The van der Waals surface area contributed by atoms with E-state index >= 15 is 0 Å². The lowest BCUT2D eigenvalue weighted by atomic mass is 10.0. The quantitative estimate of drug-likeness (QED) is 0.637. The van der Waals surface area contributed by atoms with E-state index in [0.29, 0.717) is 19.0 Å². The average Bonchev–Trinajstić information content (AvgIpc) is 2.90. The standard InChI is InChI=1S/C13H26N4O2S/c1-4-12(5-2)9-16-20(18,19)13-10-15-17(11-13)8-6-7-14-3/h10-12,14,16H,4-9H2,1-3H3. The number of nitrogens with zero attached hydrogens (tertiary/aromatic N) is 2. The molecule has 0 atom stereocenters. The second-order valence-electron chi connectivity index (χ2n) is 4.93. The van der Waals surface area contributed by atoms with Crippen LogP contribution in [0.25, 0.3) is 0 Å². The summed E-state index contributed by atoms with van der Waals surface area (Å²) in [6.07, 6.45) is 5.86. The van der Waals surface area contributed by atoms with Crippen LogP contribution in [0.3, 0.4) is 0 Å². The molecular formula is C13H26N4O2S. The lowest BCUT2D eigenvalue weighted by Gasteiger charge is -2.12. The zero-order valence-electron chi connectivity index (χ0n) is 12.6. The zero-order chi connectivity index (χ0) is 15.0. The molecule has 0 amide bonds. The Balaban J connectivity index is 2.59. The highest BCUT2D eigenvalue weighted by Gasteiger charge is 2.17. The molecule has 6 nitrogen and oxygen atoms in total. The van der Waals surface area contributed by atoms with Crippen molar-refractivity contribution >= 4 is 10.0 Å². The largest absolute Gasteiger partial charge is 0.320 e. The molecule has 2 N–H and O–H groups in total. The van der Waals surface area contributed by atoms with Crippen LogP contribution in [0.4, 0.5) is 0 Å². The molecule has 1 aromatic rings. The van der Waals surface area contributed by atoms with E-state index in [-0.39, 0.29) is 4.90 Å². The Hall–Kier alpha value is -0.920. The zero-order valence-corrected chi connectivity index (χ0v) is 13.4. The van der Waals surface area contributed by atoms with Gasteiger partial charge in [-0.1, -0.05) is 26.7 Å². The predicted molar refractivity (Wildman–Crippen MR) is 80.0 cm³/mol. The number of nitrogens with one attached hydrogen (secondary N) is 2. The fraction of sp³-hybridized carbons (Fsp3) is 0.769. The summed E-state index contributed by atoms with van der Waals surface area (Å²) in [6, 6.07) is 0. The van der Waals surface area contributed by atoms with Crippen molar-refractivity contribution in [1.82, 2.24) is 19.8 Å².